The lowest BCUT2D eigenvalue weighted by molar-refractivity contribution is 0.0744. The fraction of sp³-hybridized carbons (Fsp3) is 0.367. The average molecular weight is 501 g/mol. The quantitative estimate of drug-likeness (QED) is 0.440. The molecule has 1 aromatic heterocycles. The van der Waals surface area contributed by atoms with Crippen molar-refractivity contribution in [2.45, 2.75) is 27.7 Å². The number of rotatable bonds is 8. The monoisotopic (exact) mass is 500 g/mol. The van der Waals surface area contributed by atoms with Gasteiger partial charge in [-0.15, -0.1) is 0 Å². The summed E-state index contributed by atoms with van der Waals surface area (Å²) in [5.41, 5.74) is 5.52. The third kappa shape index (κ3) is 5.93. The number of piperazine rings is 1. The van der Waals surface area contributed by atoms with Crippen molar-refractivity contribution in [1.82, 2.24) is 14.8 Å². The van der Waals surface area contributed by atoms with E-state index in [1.54, 1.807) is 6.20 Å². The molecule has 0 aliphatic carbocycles. The molecule has 194 valence electrons. The van der Waals surface area contributed by atoms with E-state index in [9.17, 15) is 9.59 Å². The Morgan fingerprint density at radius 1 is 0.892 bits per heavy atom. The molecule has 1 fully saturated rings. The maximum atomic E-state index is 13.3. The van der Waals surface area contributed by atoms with Gasteiger partial charge in [-0.1, -0.05) is 6.07 Å². The lowest BCUT2D eigenvalue weighted by atomic mass is 9.99. The highest BCUT2D eigenvalue weighted by Gasteiger charge is 2.23. The van der Waals surface area contributed by atoms with Crippen LogP contribution in [-0.4, -0.2) is 72.5 Å². The molecule has 0 atom stereocenters. The molecule has 0 saturated carbocycles. The first-order chi connectivity index (χ1) is 17.9. The van der Waals surface area contributed by atoms with E-state index in [4.69, 9.17) is 4.74 Å². The van der Waals surface area contributed by atoms with Crippen LogP contribution in [0.4, 0.5) is 5.69 Å². The molecule has 0 unspecified atom stereocenters. The van der Waals surface area contributed by atoms with Crippen molar-refractivity contribution < 1.29 is 14.3 Å². The molecule has 1 saturated heterocycles. The van der Waals surface area contributed by atoms with Crippen LogP contribution in [0.5, 0.6) is 5.75 Å². The second-order valence-corrected chi connectivity index (χ2v) is 9.18. The zero-order chi connectivity index (χ0) is 26.4. The molecule has 0 radical (unpaired) electrons. The normalized spacial score (nSPS) is 13.4. The number of anilines is 1. The van der Waals surface area contributed by atoms with E-state index in [0.717, 1.165) is 41.2 Å². The highest BCUT2D eigenvalue weighted by Crippen LogP contribution is 2.27. The number of ether oxygens (including phenoxy) is 1. The molecule has 0 bridgehead atoms. The summed E-state index contributed by atoms with van der Waals surface area (Å²) in [6, 6.07) is 15.6. The summed E-state index contributed by atoms with van der Waals surface area (Å²) in [7, 11) is 0. The summed E-state index contributed by atoms with van der Waals surface area (Å²) in [5.74, 6) is 0.852. The van der Waals surface area contributed by atoms with Crippen LogP contribution in [0.1, 0.15) is 47.1 Å². The molecule has 2 aromatic carbocycles. The van der Waals surface area contributed by atoms with Gasteiger partial charge >= 0.3 is 0 Å². The topological polar surface area (TPSA) is 66.0 Å². The van der Waals surface area contributed by atoms with Crippen LogP contribution in [0.15, 0.2) is 60.9 Å². The van der Waals surface area contributed by atoms with Crippen molar-refractivity contribution in [2.75, 3.05) is 50.8 Å². The molecule has 0 spiro atoms. The minimum atomic E-state index is 0.0515. The second kappa shape index (κ2) is 11.9. The third-order valence-corrected chi connectivity index (χ3v) is 6.91. The number of nitrogens with zero attached hydrogens (tertiary/aromatic N) is 4. The predicted molar refractivity (Wildman–Crippen MR) is 147 cm³/mol. The zero-order valence-corrected chi connectivity index (χ0v) is 22.2. The van der Waals surface area contributed by atoms with Crippen LogP contribution in [0.25, 0.3) is 11.1 Å². The summed E-state index contributed by atoms with van der Waals surface area (Å²) in [6.45, 7) is 12.8. The summed E-state index contributed by atoms with van der Waals surface area (Å²) in [6.07, 6.45) is 3.53. The largest absolute Gasteiger partial charge is 0.492 e. The van der Waals surface area contributed by atoms with Gasteiger partial charge in [0.05, 0.1) is 12.8 Å². The smallest absolute Gasteiger partial charge is 0.253 e. The van der Waals surface area contributed by atoms with E-state index >= 15 is 0 Å². The van der Waals surface area contributed by atoms with Crippen LogP contribution in [0, 0.1) is 6.92 Å². The van der Waals surface area contributed by atoms with Crippen molar-refractivity contribution in [1.29, 1.82) is 0 Å². The summed E-state index contributed by atoms with van der Waals surface area (Å²) in [5, 5.41) is 0. The van der Waals surface area contributed by atoms with Gasteiger partial charge < -0.3 is 19.4 Å². The minimum absolute atomic E-state index is 0.0515. The number of hydrogen-bond donors (Lipinski definition) is 0. The molecule has 4 rings (SSSR count). The Labute approximate surface area is 219 Å². The van der Waals surface area contributed by atoms with E-state index in [-0.39, 0.29) is 11.8 Å². The van der Waals surface area contributed by atoms with Gasteiger partial charge in [0.2, 0.25) is 0 Å². The SMILES string of the molecule is CCOc1cncc(-c2ccc(C(=O)N3CCN(c4ccc(C(=O)N(CC)CC)cc4)CC3)cc2C)c1. The standard InChI is InChI=1S/C30H36N4O3/c1-5-32(6-2)29(35)23-8-11-26(12-9-23)33-14-16-34(17-15-33)30(36)24-10-13-28(22(4)18-24)25-19-27(37-7-3)21-31-20-25/h8-13,18-21H,5-7,14-17H2,1-4H3. The molecule has 7 heteroatoms. The van der Waals surface area contributed by atoms with Gasteiger partial charge in [0.1, 0.15) is 5.75 Å². The number of aromatic nitrogens is 1. The molecule has 7 nitrogen and oxygen atoms in total. The van der Waals surface area contributed by atoms with Crippen molar-refractivity contribution in [3.8, 4) is 16.9 Å². The van der Waals surface area contributed by atoms with Crippen LogP contribution in [0.2, 0.25) is 0 Å². The first-order valence-electron chi connectivity index (χ1n) is 13.1. The average Bonchev–Trinajstić information content (AvgIpc) is 2.94. The first-order valence-corrected chi connectivity index (χ1v) is 13.1. The highest BCUT2D eigenvalue weighted by atomic mass is 16.5. The maximum Gasteiger partial charge on any atom is 0.253 e. The van der Waals surface area contributed by atoms with Gasteiger partial charge in [-0.25, -0.2) is 0 Å². The van der Waals surface area contributed by atoms with E-state index in [1.807, 2.05) is 92.2 Å². The molecular weight excluding hydrogens is 464 g/mol. The summed E-state index contributed by atoms with van der Waals surface area (Å²) >= 11 is 0. The van der Waals surface area contributed by atoms with E-state index in [0.29, 0.717) is 43.9 Å². The minimum Gasteiger partial charge on any atom is -0.492 e. The molecule has 1 aliphatic rings. The number of carbonyl (C=O) groups excluding carboxylic acids is 2. The van der Waals surface area contributed by atoms with Crippen LogP contribution >= 0.6 is 0 Å². The zero-order valence-electron chi connectivity index (χ0n) is 22.2. The molecule has 2 amide bonds. The summed E-state index contributed by atoms with van der Waals surface area (Å²) in [4.78, 5) is 36.1. The van der Waals surface area contributed by atoms with Gasteiger partial charge in [-0.05, 0) is 81.3 Å². The molecule has 1 aliphatic heterocycles. The Morgan fingerprint density at radius 3 is 2.19 bits per heavy atom. The number of hydrogen-bond acceptors (Lipinski definition) is 5. The number of aryl methyl sites for hydroxylation is 1. The van der Waals surface area contributed by atoms with E-state index in [2.05, 4.69) is 9.88 Å². The van der Waals surface area contributed by atoms with Crippen molar-refractivity contribution in [3.63, 3.8) is 0 Å². The van der Waals surface area contributed by atoms with Gasteiger partial charge in [0.15, 0.2) is 0 Å². The Balaban J connectivity index is 1.38. The van der Waals surface area contributed by atoms with Gasteiger partial charge in [-0.2, -0.15) is 0 Å². The fourth-order valence-corrected chi connectivity index (χ4v) is 4.79. The van der Waals surface area contributed by atoms with Gasteiger partial charge in [0.25, 0.3) is 11.8 Å². The Morgan fingerprint density at radius 2 is 1.57 bits per heavy atom. The molecule has 37 heavy (non-hydrogen) atoms. The maximum absolute atomic E-state index is 13.3. The lowest BCUT2D eigenvalue weighted by Gasteiger charge is -2.36. The number of benzene rings is 2. The summed E-state index contributed by atoms with van der Waals surface area (Å²) < 4.78 is 5.58. The van der Waals surface area contributed by atoms with Gasteiger partial charge in [-0.3, -0.25) is 14.6 Å². The first kappa shape index (κ1) is 26.2. The number of pyridine rings is 1. The lowest BCUT2D eigenvalue weighted by Crippen LogP contribution is -2.48. The third-order valence-electron chi connectivity index (χ3n) is 6.91. The second-order valence-electron chi connectivity index (χ2n) is 9.18. The molecule has 3 aromatic rings. The Kier molecular flexibility index (Phi) is 8.43. The Hall–Kier alpha value is -3.87. The van der Waals surface area contributed by atoms with Crippen LogP contribution < -0.4 is 9.64 Å². The van der Waals surface area contributed by atoms with E-state index < -0.39 is 0 Å². The molecule has 2 heterocycles. The molecular formula is C30H36N4O3. The van der Waals surface area contributed by atoms with Crippen molar-refractivity contribution >= 4 is 17.5 Å². The fourth-order valence-electron chi connectivity index (χ4n) is 4.79. The predicted octanol–water partition coefficient (Wildman–Crippen LogP) is 4.90. The highest BCUT2D eigenvalue weighted by molar-refractivity contribution is 5.96. The van der Waals surface area contributed by atoms with Crippen LogP contribution in [-0.2, 0) is 0 Å². The number of amides is 2. The van der Waals surface area contributed by atoms with E-state index in [1.165, 1.54) is 0 Å². The van der Waals surface area contributed by atoms with Gasteiger partial charge in [0, 0.05) is 67.8 Å². The number of carbonyl (C=O) groups is 2. The van der Waals surface area contributed by atoms with Crippen molar-refractivity contribution in [2.24, 2.45) is 0 Å². The molecule has 0 N–H and O–H groups in total. The van der Waals surface area contributed by atoms with Crippen LogP contribution in [0.3, 0.4) is 0 Å². The van der Waals surface area contributed by atoms with Crippen molar-refractivity contribution in [3.05, 3.63) is 77.6 Å². The Bertz CT molecular complexity index is 1230.